The summed E-state index contributed by atoms with van der Waals surface area (Å²) in [5.41, 5.74) is 0.241. The van der Waals surface area contributed by atoms with E-state index in [1.807, 2.05) is 0 Å². The van der Waals surface area contributed by atoms with Crippen LogP contribution in [0.4, 0.5) is 29.1 Å². The van der Waals surface area contributed by atoms with Gasteiger partial charge in [-0.05, 0) is 36.4 Å². The van der Waals surface area contributed by atoms with Gasteiger partial charge >= 0.3 is 6.61 Å². The van der Waals surface area contributed by atoms with Crippen molar-refractivity contribution in [2.24, 2.45) is 0 Å². The van der Waals surface area contributed by atoms with Crippen molar-refractivity contribution in [3.05, 3.63) is 72.2 Å². The lowest BCUT2D eigenvalue weighted by Gasteiger charge is -2.10. The molecule has 0 spiro atoms. The van der Waals surface area contributed by atoms with Crippen LogP contribution in [0.5, 0.6) is 5.75 Å². The smallest absolute Gasteiger partial charge is 0.387 e. The number of sulfonamides is 1. The fraction of sp³-hybridized carbons (Fsp3) is 0.111. The molecule has 0 saturated heterocycles. The molecule has 2 heterocycles. The lowest BCUT2D eigenvalue weighted by molar-refractivity contribution is -0.0500. The van der Waals surface area contributed by atoms with Gasteiger partial charge in [0.2, 0.25) is 0 Å². The van der Waals surface area contributed by atoms with E-state index < -0.39 is 28.3 Å². The van der Waals surface area contributed by atoms with Crippen molar-refractivity contribution >= 4 is 21.5 Å². The summed E-state index contributed by atoms with van der Waals surface area (Å²) < 4.78 is 81.6. The highest BCUT2D eigenvalue weighted by atomic mass is 32.2. The predicted octanol–water partition coefficient (Wildman–Crippen LogP) is 3.77. The minimum atomic E-state index is -4.11. The molecular weight excluding hydrogens is 428 g/mol. The molecule has 12 heteroatoms. The molecular formula is C18H14F4N4O3S. The monoisotopic (exact) mass is 442 g/mol. The summed E-state index contributed by atoms with van der Waals surface area (Å²) in [4.78, 5) is 7.69. The molecule has 30 heavy (non-hydrogen) atoms. The van der Waals surface area contributed by atoms with E-state index in [1.165, 1.54) is 24.3 Å². The van der Waals surface area contributed by atoms with E-state index in [1.54, 1.807) is 0 Å². The largest absolute Gasteiger partial charge is 0.433 e. The fourth-order valence-electron chi connectivity index (χ4n) is 2.34. The molecule has 0 fully saturated rings. The topological polar surface area (TPSA) is 93.2 Å². The van der Waals surface area contributed by atoms with E-state index in [0.29, 0.717) is 17.6 Å². The number of halogens is 4. The predicted molar refractivity (Wildman–Crippen MR) is 99.6 cm³/mol. The summed E-state index contributed by atoms with van der Waals surface area (Å²) in [6.45, 7) is -2.75. The molecule has 0 saturated carbocycles. The van der Waals surface area contributed by atoms with E-state index in [0.717, 1.165) is 24.5 Å². The van der Waals surface area contributed by atoms with Gasteiger partial charge in [-0.1, -0.05) is 0 Å². The summed E-state index contributed by atoms with van der Waals surface area (Å²) in [5.74, 6) is -1.60. The van der Waals surface area contributed by atoms with Gasteiger partial charge in [-0.2, -0.15) is 8.78 Å². The summed E-state index contributed by atoms with van der Waals surface area (Å²) >= 11 is 0. The molecule has 2 aromatic heterocycles. The van der Waals surface area contributed by atoms with Crippen LogP contribution in [0.2, 0.25) is 0 Å². The molecule has 2 N–H and O–H groups in total. The molecule has 0 unspecified atom stereocenters. The molecule has 0 bridgehead atoms. The van der Waals surface area contributed by atoms with Crippen molar-refractivity contribution < 1.29 is 30.7 Å². The quantitative estimate of drug-likeness (QED) is 0.516. The minimum absolute atomic E-state index is 0.0767. The number of nitrogens with zero attached hydrogens (tertiary/aromatic N) is 2. The molecule has 3 rings (SSSR count). The first-order valence-corrected chi connectivity index (χ1v) is 9.78. The number of hydrogen-bond donors (Lipinski definition) is 2. The van der Waals surface area contributed by atoms with E-state index in [2.05, 4.69) is 24.7 Å². The number of alkyl halides is 2. The van der Waals surface area contributed by atoms with Crippen LogP contribution in [0.1, 0.15) is 5.69 Å². The third-order valence-electron chi connectivity index (χ3n) is 3.63. The number of rotatable bonds is 8. The van der Waals surface area contributed by atoms with E-state index in [-0.39, 0.29) is 22.9 Å². The molecule has 0 radical (unpaired) electrons. The lowest BCUT2D eigenvalue weighted by atomic mass is 10.3. The van der Waals surface area contributed by atoms with Gasteiger partial charge in [-0.25, -0.2) is 22.2 Å². The van der Waals surface area contributed by atoms with Crippen molar-refractivity contribution in [1.29, 1.82) is 0 Å². The minimum Gasteiger partial charge on any atom is -0.433 e. The Morgan fingerprint density at radius 3 is 2.27 bits per heavy atom. The maximum atomic E-state index is 13.2. The maximum absolute atomic E-state index is 13.2. The third kappa shape index (κ3) is 5.80. The van der Waals surface area contributed by atoms with Gasteiger partial charge in [0.15, 0.2) is 0 Å². The number of hydrogen-bond acceptors (Lipinski definition) is 6. The first-order valence-electron chi connectivity index (χ1n) is 8.30. The van der Waals surface area contributed by atoms with Gasteiger partial charge in [-0.3, -0.25) is 9.71 Å². The maximum Gasteiger partial charge on any atom is 0.387 e. The highest BCUT2D eigenvalue weighted by Crippen LogP contribution is 2.19. The molecule has 0 aliphatic heterocycles. The summed E-state index contributed by atoms with van der Waals surface area (Å²) in [7, 11) is -4.11. The van der Waals surface area contributed by atoms with Gasteiger partial charge in [0.25, 0.3) is 10.0 Å². The molecule has 1 aromatic carbocycles. The Morgan fingerprint density at radius 1 is 0.967 bits per heavy atom. The van der Waals surface area contributed by atoms with E-state index >= 15 is 0 Å². The van der Waals surface area contributed by atoms with Crippen LogP contribution in [-0.2, 0) is 16.6 Å². The van der Waals surface area contributed by atoms with Gasteiger partial charge < -0.3 is 10.1 Å². The third-order valence-corrected chi connectivity index (χ3v) is 5.00. The molecule has 0 atom stereocenters. The van der Waals surface area contributed by atoms with Crippen LogP contribution >= 0.6 is 0 Å². The zero-order valence-corrected chi connectivity index (χ0v) is 15.8. The second kappa shape index (κ2) is 8.95. The fourth-order valence-corrected chi connectivity index (χ4v) is 3.32. The molecule has 7 nitrogen and oxygen atoms in total. The number of nitrogens with one attached hydrogen (secondary N) is 2. The zero-order valence-electron chi connectivity index (χ0n) is 15.0. The first kappa shape index (κ1) is 21.3. The molecule has 158 valence electrons. The van der Waals surface area contributed by atoms with Crippen LogP contribution < -0.4 is 14.8 Å². The van der Waals surface area contributed by atoms with Crippen LogP contribution in [0.25, 0.3) is 0 Å². The first-order chi connectivity index (χ1) is 14.2. The normalized spacial score (nSPS) is 11.4. The number of ether oxygens (including phenoxy) is 1. The van der Waals surface area contributed by atoms with Crippen molar-refractivity contribution in [1.82, 2.24) is 9.97 Å². The summed E-state index contributed by atoms with van der Waals surface area (Å²) in [6, 6.07) is 7.75. The average Bonchev–Trinajstić information content (AvgIpc) is 2.66. The van der Waals surface area contributed by atoms with E-state index in [4.69, 9.17) is 0 Å². The second-order valence-corrected chi connectivity index (χ2v) is 7.54. The average molecular weight is 442 g/mol. The Labute approximate surface area is 168 Å². The standard InChI is InChI=1S/C18H14F4N4O3S/c19-11-5-12(20)7-14(6-11)26-30(27,28)16-3-4-17(25-10-16)24-8-13-1-2-15(9-23-13)29-18(21)22/h1-7,9-10,18,26H,8H2,(H,24,25). The highest BCUT2D eigenvalue weighted by molar-refractivity contribution is 7.92. The van der Waals surface area contributed by atoms with Gasteiger partial charge in [0.1, 0.15) is 28.1 Å². The SMILES string of the molecule is O=S(=O)(Nc1cc(F)cc(F)c1)c1ccc(NCc2ccc(OC(F)F)cn2)nc1. The van der Waals surface area contributed by atoms with Crippen molar-refractivity contribution in [2.45, 2.75) is 18.1 Å². The van der Waals surface area contributed by atoms with Crippen LogP contribution in [0.3, 0.4) is 0 Å². The zero-order chi connectivity index (χ0) is 21.7. The summed E-state index contributed by atoms with van der Waals surface area (Å²) in [5, 5.41) is 2.89. The molecule has 3 aromatic rings. The van der Waals surface area contributed by atoms with Crippen molar-refractivity contribution in [3.63, 3.8) is 0 Å². The van der Waals surface area contributed by atoms with Crippen molar-refractivity contribution in [3.8, 4) is 5.75 Å². The second-order valence-electron chi connectivity index (χ2n) is 5.86. The van der Waals surface area contributed by atoms with Gasteiger partial charge in [-0.15, -0.1) is 0 Å². The van der Waals surface area contributed by atoms with Gasteiger partial charge in [0.05, 0.1) is 24.1 Å². The Kier molecular flexibility index (Phi) is 6.35. The molecule has 0 amide bonds. The number of aromatic nitrogens is 2. The van der Waals surface area contributed by atoms with Crippen LogP contribution in [0.15, 0.2) is 59.8 Å². The number of anilines is 2. The number of pyridine rings is 2. The Balaban J connectivity index is 1.62. The van der Waals surface area contributed by atoms with Gasteiger partial charge in [0, 0.05) is 12.3 Å². The molecule has 0 aliphatic rings. The molecule has 0 aliphatic carbocycles. The highest BCUT2D eigenvalue weighted by Gasteiger charge is 2.16. The Bertz CT molecular complexity index is 1090. The van der Waals surface area contributed by atoms with E-state index in [9.17, 15) is 26.0 Å². The van der Waals surface area contributed by atoms with Crippen LogP contribution in [0, 0.1) is 11.6 Å². The Hall–Kier alpha value is -3.41. The number of benzene rings is 1. The van der Waals surface area contributed by atoms with Crippen LogP contribution in [-0.4, -0.2) is 25.0 Å². The lowest BCUT2D eigenvalue weighted by Crippen LogP contribution is -2.14. The summed E-state index contributed by atoms with van der Waals surface area (Å²) in [6.07, 6.45) is 2.21. The Morgan fingerprint density at radius 2 is 1.70 bits per heavy atom. The van der Waals surface area contributed by atoms with Crippen molar-refractivity contribution in [2.75, 3.05) is 10.0 Å².